The van der Waals surface area contributed by atoms with E-state index in [1.54, 1.807) is 0 Å². The van der Waals surface area contributed by atoms with E-state index < -0.39 is 6.04 Å². The number of halogens is 1. The summed E-state index contributed by atoms with van der Waals surface area (Å²) in [4.78, 5) is 23.4. The minimum atomic E-state index is -0.456. The molecule has 1 amide bonds. The number of esters is 1. The minimum absolute atomic E-state index is 0. The Morgan fingerprint density at radius 3 is 2.25 bits per heavy atom. The monoisotopic (exact) mass is 306 g/mol. The number of hydrogen-bond donors (Lipinski definition) is 2. The zero-order chi connectivity index (χ0) is 14.4. The molecule has 1 saturated carbocycles. The lowest BCUT2D eigenvalue weighted by molar-refractivity contribution is -0.149. The SMILES string of the molecule is CCOC(=O)C1CCC(NC(=O)[C@H](N)C(C)C)CC1.Cl. The predicted octanol–water partition coefficient (Wildman–Crippen LogP) is 1.63. The van der Waals surface area contributed by atoms with Gasteiger partial charge in [0, 0.05) is 6.04 Å². The van der Waals surface area contributed by atoms with Crippen LogP contribution in [0.2, 0.25) is 0 Å². The van der Waals surface area contributed by atoms with Crippen molar-refractivity contribution in [1.82, 2.24) is 5.32 Å². The van der Waals surface area contributed by atoms with Crippen LogP contribution in [0, 0.1) is 11.8 Å². The quantitative estimate of drug-likeness (QED) is 0.756. The summed E-state index contributed by atoms with van der Waals surface area (Å²) in [6, 6.07) is -0.314. The molecular formula is C14H27ClN2O3. The first-order valence-electron chi connectivity index (χ1n) is 7.18. The molecule has 1 rings (SSSR count). The van der Waals surface area contributed by atoms with Gasteiger partial charge in [-0.05, 0) is 38.5 Å². The molecular weight excluding hydrogens is 280 g/mol. The van der Waals surface area contributed by atoms with E-state index in [-0.39, 0.29) is 42.2 Å². The molecule has 3 N–H and O–H groups in total. The Bertz CT molecular complexity index is 316. The second kappa shape index (κ2) is 9.19. The average Bonchev–Trinajstić information content (AvgIpc) is 2.38. The fourth-order valence-corrected chi connectivity index (χ4v) is 2.33. The Morgan fingerprint density at radius 1 is 1.25 bits per heavy atom. The largest absolute Gasteiger partial charge is 0.466 e. The van der Waals surface area contributed by atoms with E-state index in [4.69, 9.17) is 10.5 Å². The molecule has 20 heavy (non-hydrogen) atoms. The topological polar surface area (TPSA) is 81.4 Å². The van der Waals surface area contributed by atoms with Gasteiger partial charge in [0.1, 0.15) is 0 Å². The number of carbonyl (C=O) groups is 2. The molecule has 118 valence electrons. The summed E-state index contributed by atoms with van der Waals surface area (Å²) in [5, 5.41) is 2.98. The molecule has 0 aromatic heterocycles. The van der Waals surface area contributed by atoms with E-state index in [1.165, 1.54) is 0 Å². The summed E-state index contributed by atoms with van der Waals surface area (Å²) in [5.41, 5.74) is 5.81. The first kappa shape index (κ1) is 19.2. The number of amides is 1. The number of ether oxygens (including phenoxy) is 1. The summed E-state index contributed by atoms with van der Waals surface area (Å²) >= 11 is 0. The van der Waals surface area contributed by atoms with E-state index in [2.05, 4.69) is 5.32 Å². The Labute approximate surface area is 127 Å². The van der Waals surface area contributed by atoms with E-state index >= 15 is 0 Å². The molecule has 0 bridgehead atoms. The van der Waals surface area contributed by atoms with Crippen molar-refractivity contribution in [3.05, 3.63) is 0 Å². The Kier molecular flexibility index (Phi) is 8.81. The molecule has 0 heterocycles. The van der Waals surface area contributed by atoms with Crippen LogP contribution < -0.4 is 11.1 Å². The van der Waals surface area contributed by atoms with Crippen molar-refractivity contribution in [2.24, 2.45) is 17.6 Å². The van der Waals surface area contributed by atoms with E-state index in [0.29, 0.717) is 6.61 Å². The van der Waals surface area contributed by atoms with Gasteiger partial charge in [-0.1, -0.05) is 13.8 Å². The first-order valence-corrected chi connectivity index (χ1v) is 7.18. The molecule has 1 aliphatic carbocycles. The maximum Gasteiger partial charge on any atom is 0.308 e. The fourth-order valence-electron chi connectivity index (χ4n) is 2.33. The number of nitrogens with two attached hydrogens (primary N) is 1. The molecule has 0 unspecified atom stereocenters. The maximum atomic E-state index is 11.8. The van der Waals surface area contributed by atoms with Crippen LogP contribution in [-0.2, 0) is 14.3 Å². The van der Waals surface area contributed by atoms with Crippen LogP contribution in [0.15, 0.2) is 0 Å². The second-order valence-electron chi connectivity index (χ2n) is 5.58. The van der Waals surface area contributed by atoms with Crippen LogP contribution in [0.5, 0.6) is 0 Å². The molecule has 6 heteroatoms. The zero-order valence-corrected chi connectivity index (χ0v) is 13.4. The molecule has 1 aliphatic rings. The lowest BCUT2D eigenvalue weighted by Crippen LogP contribution is -2.48. The molecule has 0 spiro atoms. The highest BCUT2D eigenvalue weighted by Crippen LogP contribution is 2.25. The summed E-state index contributed by atoms with van der Waals surface area (Å²) in [6.45, 7) is 6.11. The standard InChI is InChI=1S/C14H26N2O3.ClH/c1-4-19-14(18)10-5-7-11(8-6-10)16-13(17)12(15)9(2)3;/h9-12H,4-8,15H2,1-3H3,(H,16,17);1H/t10?,11?,12-;/m1./s1. The van der Waals surface area contributed by atoms with Crippen LogP contribution in [0.3, 0.4) is 0 Å². The van der Waals surface area contributed by atoms with Gasteiger partial charge in [0.25, 0.3) is 0 Å². The van der Waals surface area contributed by atoms with Crippen LogP contribution in [-0.4, -0.2) is 30.6 Å². The maximum absolute atomic E-state index is 11.8. The second-order valence-corrected chi connectivity index (χ2v) is 5.58. The predicted molar refractivity (Wildman–Crippen MR) is 80.6 cm³/mol. The third-order valence-electron chi connectivity index (χ3n) is 3.71. The molecule has 0 aromatic carbocycles. The normalized spacial score (nSPS) is 23.6. The van der Waals surface area contributed by atoms with Crippen LogP contribution in [0.4, 0.5) is 0 Å². The van der Waals surface area contributed by atoms with Crippen molar-refractivity contribution in [3.63, 3.8) is 0 Å². The fraction of sp³-hybridized carbons (Fsp3) is 0.857. The van der Waals surface area contributed by atoms with E-state index in [9.17, 15) is 9.59 Å². The smallest absolute Gasteiger partial charge is 0.308 e. The van der Waals surface area contributed by atoms with Gasteiger partial charge in [0.05, 0.1) is 18.6 Å². The molecule has 1 fully saturated rings. The van der Waals surface area contributed by atoms with Gasteiger partial charge in [-0.15, -0.1) is 12.4 Å². The number of nitrogens with one attached hydrogen (secondary N) is 1. The van der Waals surface area contributed by atoms with Crippen molar-refractivity contribution in [3.8, 4) is 0 Å². The van der Waals surface area contributed by atoms with Crippen molar-refractivity contribution < 1.29 is 14.3 Å². The number of carbonyl (C=O) groups excluding carboxylic acids is 2. The molecule has 0 aliphatic heterocycles. The van der Waals surface area contributed by atoms with Gasteiger partial charge in [-0.25, -0.2) is 0 Å². The first-order chi connectivity index (χ1) is 8.95. The highest BCUT2D eigenvalue weighted by Gasteiger charge is 2.29. The summed E-state index contributed by atoms with van der Waals surface area (Å²) in [6.07, 6.45) is 3.20. The lowest BCUT2D eigenvalue weighted by atomic mass is 9.86. The van der Waals surface area contributed by atoms with Gasteiger partial charge in [0.15, 0.2) is 0 Å². The molecule has 0 radical (unpaired) electrons. The summed E-state index contributed by atoms with van der Waals surface area (Å²) < 4.78 is 5.02. The third kappa shape index (κ3) is 5.67. The van der Waals surface area contributed by atoms with E-state index in [0.717, 1.165) is 25.7 Å². The van der Waals surface area contributed by atoms with Crippen LogP contribution in [0.1, 0.15) is 46.5 Å². The molecule has 1 atom stereocenters. The van der Waals surface area contributed by atoms with Gasteiger partial charge < -0.3 is 15.8 Å². The van der Waals surface area contributed by atoms with Crippen molar-refractivity contribution in [2.75, 3.05) is 6.61 Å². The molecule has 0 saturated heterocycles. The zero-order valence-electron chi connectivity index (χ0n) is 12.6. The molecule has 5 nitrogen and oxygen atoms in total. The third-order valence-corrected chi connectivity index (χ3v) is 3.71. The van der Waals surface area contributed by atoms with Crippen molar-refractivity contribution in [2.45, 2.75) is 58.5 Å². The lowest BCUT2D eigenvalue weighted by Gasteiger charge is -2.29. The minimum Gasteiger partial charge on any atom is -0.466 e. The number of hydrogen-bond acceptors (Lipinski definition) is 4. The highest BCUT2D eigenvalue weighted by atomic mass is 35.5. The van der Waals surface area contributed by atoms with Crippen molar-refractivity contribution >= 4 is 24.3 Å². The van der Waals surface area contributed by atoms with Gasteiger partial charge >= 0.3 is 5.97 Å². The Morgan fingerprint density at radius 2 is 1.80 bits per heavy atom. The Hall–Kier alpha value is -0.810. The van der Waals surface area contributed by atoms with Crippen LogP contribution in [0.25, 0.3) is 0 Å². The van der Waals surface area contributed by atoms with Gasteiger partial charge in [-0.3, -0.25) is 9.59 Å². The van der Waals surface area contributed by atoms with Gasteiger partial charge in [0.2, 0.25) is 5.91 Å². The highest BCUT2D eigenvalue weighted by molar-refractivity contribution is 5.85. The van der Waals surface area contributed by atoms with Crippen LogP contribution >= 0.6 is 12.4 Å². The van der Waals surface area contributed by atoms with Gasteiger partial charge in [-0.2, -0.15) is 0 Å². The van der Waals surface area contributed by atoms with E-state index in [1.807, 2.05) is 20.8 Å². The summed E-state index contributed by atoms with van der Waals surface area (Å²) in [7, 11) is 0. The molecule has 0 aromatic rings. The average molecular weight is 307 g/mol. The number of rotatable bonds is 5. The summed E-state index contributed by atoms with van der Waals surface area (Å²) in [5.74, 6) is -0.0662. The Balaban J connectivity index is 0.00000361. The van der Waals surface area contributed by atoms with Crippen molar-refractivity contribution in [1.29, 1.82) is 0 Å².